The van der Waals surface area contributed by atoms with Crippen molar-refractivity contribution in [3.63, 3.8) is 0 Å². The van der Waals surface area contributed by atoms with Gasteiger partial charge in [-0.05, 0) is 36.1 Å². The second kappa shape index (κ2) is 5.59. The van der Waals surface area contributed by atoms with Gasteiger partial charge in [0.25, 0.3) is 0 Å². The fraction of sp³-hybridized carbons (Fsp3) is 0.316. The predicted molar refractivity (Wildman–Crippen MR) is 99.7 cm³/mol. The van der Waals surface area contributed by atoms with Crippen molar-refractivity contribution < 1.29 is 13.5 Å². The first-order valence-electron chi connectivity index (χ1n) is 8.02. The molecular weight excluding hydrogens is 336 g/mol. The van der Waals surface area contributed by atoms with Crippen molar-refractivity contribution in [1.29, 1.82) is 0 Å². The number of aromatic amines is 1. The van der Waals surface area contributed by atoms with Crippen molar-refractivity contribution in [3.8, 4) is 17.1 Å². The molecule has 0 spiro atoms. The smallest absolute Gasteiger partial charge is 0.175 e. The Labute approximate surface area is 147 Å². The first kappa shape index (κ1) is 17.5. The van der Waals surface area contributed by atoms with Gasteiger partial charge in [0.1, 0.15) is 11.6 Å². The molecule has 1 heterocycles. The standard InChI is InChI=1S/C19H22N2O3S/c1-11-6-8-13(19(2,3)4)17(22)16(11)18-20-14-9-7-12(25(5,23)24)10-15(14)21-18/h6-10,22H,1-5H3,(H,20,21). The van der Waals surface area contributed by atoms with Crippen molar-refractivity contribution in [2.45, 2.75) is 38.0 Å². The molecule has 0 saturated carbocycles. The number of benzene rings is 2. The van der Waals surface area contributed by atoms with Crippen LogP contribution in [0.3, 0.4) is 0 Å². The van der Waals surface area contributed by atoms with Crippen molar-refractivity contribution in [1.82, 2.24) is 9.97 Å². The first-order valence-corrected chi connectivity index (χ1v) is 9.91. The highest BCUT2D eigenvalue weighted by molar-refractivity contribution is 7.90. The van der Waals surface area contributed by atoms with E-state index in [1.807, 2.05) is 39.8 Å². The summed E-state index contributed by atoms with van der Waals surface area (Å²) in [5, 5.41) is 10.8. The number of phenolic OH excluding ortho intramolecular Hbond substituents is 1. The summed E-state index contributed by atoms with van der Waals surface area (Å²) in [6.45, 7) is 8.03. The van der Waals surface area contributed by atoms with Gasteiger partial charge in [0.2, 0.25) is 0 Å². The average Bonchev–Trinajstić information content (AvgIpc) is 2.87. The molecule has 5 nitrogen and oxygen atoms in total. The number of aryl methyl sites for hydroxylation is 1. The molecule has 0 saturated heterocycles. The van der Waals surface area contributed by atoms with E-state index in [1.54, 1.807) is 18.2 Å². The van der Waals surface area contributed by atoms with Gasteiger partial charge in [-0.3, -0.25) is 0 Å². The summed E-state index contributed by atoms with van der Waals surface area (Å²) < 4.78 is 23.5. The van der Waals surface area contributed by atoms with Gasteiger partial charge >= 0.3 is 0 Å². The summed E-state index contributed by atoms with van der Waals surface area (Å²) in [6.07, 6.45) is 1.17. The van der Waals surface area contributed by atoms with Crippen LogP contribution in [0.1, 0.15) is 31.9 Å². The van der Waals surface area contributed by atoms with Crippen LogP contribution in [0.5, 0.6) is 5.75 Å². The zero-order valence-corrected chi connectivity index (χ0v) is 15.8. The van der Waals surface area contributed by atoms with Crippen molar-refractivity contribution in [2.75, 3.05) is 6.26 Å². The lowest BCUT2D eigenvalue weighted by molar-refractivity contribution is 0.448. The second-order valence-electron chi connectivity index (χ2n) is 7.44. The number of hydrogen-bond donors (Lipinski definition) is 2. The predicted octanol–water partition coefficient (Wildman–Crippen LogP) is 3.94. The van der Waals surface area contributed by atoms with Crippen molar-refractivity contribution in [2.24, 2.45) is 0 Å². The third kappa shape index (κ3) is 3.14. The minimum atomic E-state index is -3.30. The lowest BCUT2D eigenvalue weighted by atomic mass is 9.84. The summed E-state index contributed by atoms with van der Waals surface area (Å²) in [5.74, 6) is 0.733. The van der Waals surface area contributed by atoms with Crippen LogP contribution in [-0.2, 0) is 15.3 Å². The Morgan fingerprint density at radius 3 is 2.40 bits per heavy atom. The number of sulfone groups is 1. The maximum absolute atomic E-state index is 11.7. The molecule has 0 aliphatic rings. The van der Waals surface area contributed by atoms with Crippen LogP contribution < -0.4 is 0 Å². The molecule has 0 amide bonds. The molecule has 25 heavy (non-hydrogen) atoms. The summed E-state index contributed by atoms with van der Waals surface area (Å²) in [7, 11) is -3.30. The average molecular weight is 358 g/mol. The Hall–Kier alpha value is -2.34. The third-order valence-corrected chi connectivity index (χ3v) is 5.42. The lowest BCUT2D eigenvalue weighted by Crippen LogP contribution is -2.12. The Bertz CT molecular complexity index is 1070. The number of aromatic hydroxyl groups is 1. The fourth-order valence-corrected chi connectivity index (χ4v) is 3.57. The van der Waals surface area contributed by atoms with E-state index in [9.17, 15) is 13.5 Å². The normalized spacial score (nSPS) is 12.7. The number of phenols is 1. The molecule has 3 rings (SSSR count). The van der Waals surface area contributed by atoms with Gasteiger partial charge in [-0.1, -0.05) is 32.9 Å². The number of nitrogens with zero attached hydrogens (tertiary/aromatic N) is 1. The van der Waals surface area contributed by atoms with Crippen molar-refractivity contribution >= 4 is 20.9 Å². The summed E-state index contributed by atoms with van der Waals surface area (Å²) in [6, 6.07) is 8.69. The molecule has 0 radical (unpaired) electrons. The summed E-state index contributed by atoms with van der Waals surface area (Å²) in [4.78, 5) is 7.93. The van der Waals surface area contributed by atoms with E-state index in [4.69, 9.17) is 0 Å². The Kier molecular flexibility index (Phi) is 3.91. The molecule has 2 aromatic carbocycles. The summed E-state index contributed by atoms with van der Waals surface area (Å²) >= 11 is 0. The first-order chi connectivity index (χ1) is 11.5. The number of imidazole rings is 1. The Morgan fingerprint density at radius 2 is 1.80 bits per heavy atom. The molecule has 0 aliphatic carbocycles. The highest BCUT2D eigenvalue weighted by Crippen LogP contribution is 2.40. The van der Waals surface area contributed by atoms with Crippen molar-refractivity contribution in [3.05, 3.63) is 41.5 Å². The van der Waals surface area contributed by atoms with E-state index in [2.05, 4.69) is 9.97 Å². The van der Waals surface area contributed by atoms with Crippen LogP contribution in [-0.4, -0.2) is 29.7 Å². The molecular formula is C19H22N2O3S. The van der Waals surface area contributed by atoms with E-state index in [0.29, 0.717) is 16.9 Å². The molecule has 0 bridgehead atoms. The van der Waals surface area contributed by atoms with Crippen LogP contribution in [0.15, 0.2) is 35.2 Å². The maximum atomic E-state index is 11.7. The number of H-pyrrole nitrogens is 1. The van der Waals surface area contributed by atoms with Gasteiger partial charge in [0, 0.05) is 11.8 Å². The van der Waals surface area contributed by atoms with Gasteiger partial charge in [-0.15, -0.1) is 0 Å². The number of hydrogen-bond acceptors (Lipinski definition) is 4. The lowest BCUT2D eigenvalue weighted by Gasteiger charge is -2.22. The van der Waals surface area contributed by atoms with E-state index in [-0.39, 0.29) is 16.1 Å². The molecule has 2 N–H and O–H groups in total. The van der Waals surface area contributed by atoms with Gasteiger partial charge in [0.15, 0.2) is 9.84 Å². The molecule has 0 aliphatic heterocycles. The van der Waals surface area contributed by atoms with E-state index in [1.165, 1.54) is 6.26 Å². The zero-order valence-electron chi connectivity index (χ0n) is 15.0. The summed E-state index contributed by atoms with van der Waals surface area (Å²) in [5.41, 5.74) is 3.45. The van der Waals surface area contributed by atoms with Crippen LogP contribution in [0.2, 0.25) is 0 Å². The van der Waals surface area contributed by atoms with Crippen LogP contribution in [0, 0.1) is 6.92 Å². The minimum absolute atomic E-state index is 0.204. The zero-order chi connectivity index (χ0) is 18.6. The molecule has 132 valence electrons. The fourth-order valence-electron chi connectivity index (χ4n) is 2.93. The van der Waals surface area contributed by atoms with Gasteiger partial charge < -0.3 is 10.1 Å². The van der Waals surface area contributed by atoms with Crippen LogP contribution in [0.25, 0.3) is 22.4 Å². The Morgan fingerprint density at radius 1 is 1.12 bits per heavy atom. The quantitative estimate of drug-likeness (QED) is 0.727. The van der Waals surface area contributed by atoms with Gasteiger partial charge in [-0.2, -0.15) is 0 Å². The highest BCUT2D eigenvalue weighted by atomic mass is 32.2. The van der Waals surface area contributed by atoms with Crippen LogP contribution >= 0.6 is 0 Å². The van der Waals surface area contributed by atoms with Gasteiger partial charge in [-0.25, -0.2) is 13.4 Å². The third-order valence-electron chi connectivity index (χ3n) is 4.31. The topological polar surface area (TPSA) is 83.1 Å². The monoisotopic (exact) mass is 358 g/mol. The molecule has 0 unspecified atom stereocenters. The number of fused-ring (bicyclic) bond motifs is 1. The largest absolute Gasteiger partial charge is 0.507 e. The van der Waals surface area contributed by atoms with E-state index >= 15 is 0 Å². The van der Waals surface area contributed by atoms with E-state index < -0.39 is 9.84 Å². The number of rotatable bonds is 2. The maximum Gasteiger partial charge on any atom is 0.175 e. The number of aromatic nitrogens is 2. The highest BCUT2D eigenvalue weighted by Gasteiger charge is 2.23. The second-order valence-corrected chi connectivity index (χ2v) is 9.46. The minimum Gasteiger partial charge on any atom is -0.507 e. The van der Waals surface area contributed by atoms with E-state index in [0.717, 1.165) is 16.6 Å². The molecule has 6 heteroatoms. The molecule has 0 atom stereocenters. The van der Waals surface area contributed by atoms with Crippen LogP contribution in [0.4, 0.5) is 0 Å². The SMILES string of the molecule is Cc1ccc(C(C)(C)C)c(O)c1-c1nc2cc(S(C)(=O)=O)ccc2[nH]1. The molecule has 1 aromatic heterocycles. The molecule has 0 fully saturated rings. The Balaban J connectivity index is 2.24. The van der Waals surface area contributed by atoms with Gasteiger partial charge in [0.05, 0.1) is 21.5 Å². The molecule has 3 aromatic rings. The number of nitrogens with one attached hydrogen (secondary N) is 1.